The van der Waals surface area contributed by atoms with E-state index in [9.17, 15) is 24.0 Å². The first-order valence-electron chi connectivity index (χ1n) is 21.5. The number of nitrogens with zero attached hydrogens (tertiary/aromatic N) is 3. The molecule has 5 amide bonds. The van der Waals surface area contributed by atoms with Crippen LogP contribution >= 0.6 is 0 Å². The Labute approximate surface area is 348 Å². The smallest absolute Gasteiger partial charge is 0.417 e. The molecule has 2 heterocycles. The number of carbonyl (C=O) groups excluding carboxylic acids is 5. The Morgan fingerprint density at radius 3 is 2.12 bits per heavy atom. The number of imide groups is 1. The van der Waals surface area contributed by atoms with Gasteiger partial charge in [0.15, 0.2) is 0 Å². The molecular formula is C46H73N5O7. The molecule has 324 valence electrons. The number of likely N-dealkylation sites (N-methyl/N-ethyl adjacent to an activating group) is 2. The van der Waals surface area contributed by atoms with Gasteiger partial charge in [-0.3, -0.25) is 19.2 Å². The van der Waals surface area contributed by atoms with E-state index in [0.717, 1.165) is 24.8 Å². The van der Waals surface area contributed by atoms with E-state index in [4.69, 9.17) is 9.47 Å². The molecule has 4 rings (SSSR count). The van der Waals surface area contributed by atoms with Gasteiger partial charge >= 0.3 is 6.09 Å². The lowest BCUT2D eigenvalue weighted by atomic mass is 9.66. The van der Waals surface area contributed by atoms with Gasteiger partial charge in [-0.1, -0.05) is 111 Å². The lowest BCUT2D eigenvalue weighted by molar-refractivity contribution is -0.142. The summed E-state index contributed by atoms with van der Waals surface area (Å²) in [6.45, 7) is 20.0. The summed E-state index contributed by atoms with van der Waals surface area (Å²) in [4.78, 5) is 74.6. The predicted octanol–water partition coefficient (Wildman–Crippen LogP) is 6.89. The number of methoxy groups -OCH3 is 1. The highest BCUT2D eigenvalue weighted by molar-refractivity contribution is 5.96. The van der Waals surface area contributed by atoms with Crippen molar-refractivity contribution < 1.29 is 33.4 Å². The first-order valence-corrected chi connectivity index (χ1v) is 21.5. The second-order valence-electron chi connectivity index (χ2n) is 19.1. The summed E-state index contributed by atoms with van der Waals surface area (Å²) in [7, 11) is 5.09. The molecule has 0 bridgehead atoms. The van der Waals surface area contributed by atoms with Crippen molar-refractivity contribution in [3.63, 3.8) is 0 Å². The highest BCUT2D eigenvalue weighted by Crippen LogP contribution is 2.41. The Balaban J connectivity index is 1.51. The average Bonchev–Trinajstić information content (AvgIpc) is 3.78. The third kappa shape index (κ3) is 10.1. The van der Waals surface area contributed by atoms with Crippen molar-refractivity contribution in [3.05, 3.63) is 47.5 Å². The number of ether oxygens (including phenoxy) is 2. The van der Waals surface area contributed by atoms with E-state index in [-0.39, 0.29) is 29.1 Å². The van der Waals surface area contributed by atoms with Crippen molar-refractivity contribution >= 4 is 29.7 Å². The fraction of sp³-hybridized carbons (Fsp3) is 0.717. The van der Waals surface area contributed by atoms with Gasteiger partial charge in [-0.05, 0) is 74.8 Å². The monoisotopic (exact) mass is 808 g/mol. The molecule has 1 aromatic rings. The highest BCUT2D eigenvalue weighted by atomic mass is 16.6. The van der Waals surface area contributed by atoms with Crippen molar-refractivity contribution in [3.8, 4) is 0 Å². The van der Waals surface area contributed by atoms with Crippen molar-refractivity contribution in [2.75, 3.05) is 27.7 Å². The predicted molar refractivity (Wildman–Crippen MR) is 226 cm³/mol. The van der Waals surface area contributed by atoms with Crippen LogP contribution in [0.5, 0.6) is 0 Å². The number of hydrogen-bond acceptors (Lipinski definition) is 8. The number of likely N-dealkylation sites (tertiary alicyclic amines) is 1. The Morgan fingerprint density at radius 1 is 0.948 bits per heavy atom. The maximum atomic E-state index is 14.5. The lowest BCUT2D eigenvalue weighted by Crippen LogP contribution is -2.61. The number of rotatable bonds is 15. The van der Waals surface area contributed by atoms with Gasteiger partial charge in [-0.15, -0.1) is 0 Å². The van der Waals surface area contributed by atoms with Crippen molar-refractivity contribution in [1.82, 2.24) is 25.3 Å². The molecule has 1 aromatic carbocycles. The molecule has 3 fully saturated rings. The third-order valence-corrected chi connectivity index (χ3v) is 13.3. The Bertz CT molecular complexity index is 1630. The van der Waals surface area contributed by atoms with Crippen LogP contribution in [0.3, 0.4) is 0 Å². The van der Waals surface area contributed by atoms with Crippen LogP contribution in [-0.4, -0.2) is 108 Å². The molecule has 2 N–H and O–H groups in total. The zero-order valence-electron chi connectivity index (χ0n) is 37.6. The Morgan fingerprint density at radius 2 is 1.57 bits per heavy atom. The maximum Gasteiger partial charge on any atom is 0.417 e. The van der Waals surface area contributed by atoms with Crippen LogP contribution in [0, 0.1) is 28.6 Å². The van der Waals surface area contributed by atoms with E-state index >= 15 is 0 Å². The first-order chi connectivity index (χ1) is 27.2. The van der Waals surface area contributed by atoms with Crippen LogP contribution in [-0.2, 0) is 28.7 Å². The summed E-state index contributed by atoms with van der Waals surface area (Å²) in [6.07, 6.45) is 7.02. The van der Waals surface area contributed by atoms with E-state index < -0.39 is 65.8 Å². The Hall–Kier alpha value is -3.77. The minimum atomic E-state index is -0.809. The highest BCUT2D eigenvalue weighted by Gasteiger charge is 2.49. The fourth-order valence-corrected chi connectivity index (χ4v) is 9.74. The number of amides is 5. The number of hydrogen-bond donors (Lipinski definition) is 2. The van der Waals surface area contributed by atoms with Crippen molar-refractivity contribution in [2.24, 2.45) is 28.6 Å². The molecule has 0 spiro atoms. The number of cyclic esters (lactones) is 1. The molecule has 12 heteroatoms. The van der Waals surface area contributed by atoms with Gasteiger partial charge in [0.1, 0.15) is 12.1 Å². The van der Waals surface area contributed by atoms with Gasteiger partial charge in [-0.25, -0.2) is 9.69 Å². The lowest BCUT2D eigenvalue weighted by Gasteiger charge is -2.43. The summed E-state index contributed by atoms with van der Waals surface area (Å²) >= 11 is 0. The molecule has 2 saturated heterocycles. The molecule has 3 aliphatic rings. The summed E-state index contributed by atoms with van der Waals surface area (Å²) in [5.41, 5.74) is 0.387. The summed E-state index contributed by atoms with van der Waals surface area (Å²) in [6, 6.07) is 6.71. The van der Waals surface area contributed by atoms with Crippen molar-refractivity contribution in [2.45, 2.75) is 157 Å². The summed E-state index contributed by atoms with van der Waals surface area (Å²) in [5.74, 6) is -1.41. The van der Waals surface area contributed by atoms with Gasteiger partial charge in [0.25, 0.3) is 0 Å². The molecule has 12 nitrogen and oxygen atoms in total. The standard InChI is InChI=1S/C46H73N5O7/c1-28(2)35(49(12)43(55)39(45(6,7)8)48-40(52)38(47-11)46(9,10)33-23-18-15-19-24-33)27-29(3)41(53)50-26-20-25-34(50)36(57-13)30(4)42(54)51-31(5)37(58-44(51)56)32-21-16-14-17-22-32/h14,16-17,21-22,27-28,30-31,33-39,47H,15,18-20,23-26H2,1-13H3,(H,48,52)/b29-27+/t30-,31-,34+,35-,36-,37-,38-,39-/m1/s1. The van der Waals surface area contributed by atoms with E-state index in [0.29, 0.717) is 24.5 Å². The maximum absolute atomic E-state index is 14.5. The fourth-order valence-electron chi connectivity index (χ4n) is 9.74. The average molecular weight is 808 g/mol. The zero-order valence-corrected chi connectivity index (χ0v) is 37.6. The van der Waals surface area contributed by atoms with Crippen molar-refractivity contribution in [1.29, 1.82) is 0 Å². The molecular weight excluding hydrogens is 735 g/mol. The molecule has 0 unspecified atom stereocenters. The van der Waals surface area contributed by atoms with Crippen LogP contribution in [0.25, 0.3) is 0 Å². The molecule has 2 aliphatic heterocycles. The van der Waals surface area contributed by atoms with Gasteiger partial charge in [0.05, 0.1) is 36.2 Å². The number of carbonyl (C=O) groups is 5. The SMILES string of the molecule is CN[C@H](C(=O)N[C@H](C(=O)N(C)[C@H](/C=C(\C)C(=O)N1CCC[C@H]1[C@H](OC)[C@@H](C)C(=O)N1C(=O)O[C@@H](c2ccccc2)[C@H]1C)C(C)C)C(C)(C)C)C(C)(C)C1CCCCC1. The van der Waals surface area contributed by atoms with E-state index in [1.165, 1.54) is 31.3 Å². The van der Waals surface area contributed by atoms with Crippen LogP contribution in [0.4, 0.5) is 4.79 Å². The van der Waals surface area contributed by atoms with Crippen LogP contribution < -0.4 is 10.6 Å². The van der Waals surface area contributed by atoms with E-state index in [2.05, 4.69) is 24.5 Å². The third-order valence-electron chi connectivity index (χ3n) is 13.3. The topological polar surface area (TPSA) is 138 Å². The largest absolute Gasteiger partial charge is 0.439 e. The summed E-state index contributed by atoms with van der Waals surface area (Å²) in [5, 5.41) is 6.45. The number of nitrogens with one attached hydrogen (secondary N) is 2. The minimum Gasteiger partial charge on any atom is -0.439 e. The second kappa shape index (κ2) is 19.5. The second-order valence-corrected chi connectivity index (χ2v) is 19.1. The molecule has 0 radical (unpaired) electrons. The van der Waals surface area contributed by atoms with Gasteiger partial charge in [-0.2, -0.15) is 0 Å². The van der Waals surface area contributed by atoms with Crippen LogP contribution in [0.1, 0.15) is 126 Å². The van der Waals surface area contributed by atoms with E-state index in [1.807, 2.05) is 78.1 Å². The Kier molecular flexibility index (Phi) is 15.8. The zero-order chi connectivity index (χ0) is 43.3. The molecule has 8 atom stereocenters. The first kappa shape index (κ1) is 46.9. The van der Waals surface area contributed by atoms with Gasteiger partial charge < -0.3 is 29.9 Å². The number of benzene rings is 1. The van der Waals surface area contributed by atoms with E-state index in [1.54, 1.807) is 37.6 Å². The molecule has 1 aliphatic carbocycles. The molecule has 1 saturated carbocycles. The molecule has 58 heavy (non-hydrogen) atoms. The normalized spacial score (nSPS) is 23.6. The van der Waals surface area contributed by atoms with Crippen LogP contribution in [0.15, 0.2) is 42.0 Å². The van der Waals surface area contributed by atoms with Gasteiger partial charge in [0.2, 0.25) is 23.6 Å². The van der Waals surface area contributed by atoms with Crippen LogP contribution in [0.2, 0.25) is 0 Å². The molecule has 0 aromatic heterocycles. The van der Waals surface area contributed by atoms with Gasteiger partial charge in [0, 0.05) is 26.3 Å². The minimum absolute atomic E-state index is 0.0519. The summed E-state index contributed by atoms with van der Waals surface area (Å²) < 4.78 is 11.6. The quantitative estimate of drug-likeness (QED) is 0.183.